The summed E-state index contributed by atoms with van der Waals surface area (Å²) in [6, 6.07) is 56.2. The molecule has 0 spiro atoms. The van der Waals surface area contributed by atoms with Gasteiger partial charge in [-0.15, -0.1) is 0 Å². The van der Waals surface area contributed by atoms with Crippen molar-refractivity contribution < 1.29 is 4.74 Å². The monoisotopic (exact) mass is 601 g/mol. The molecule has 0 saturated heterocycles. The lowest BCUT2D eigenvalue weighted by Gasteiger charge is -2.24. The van der Waals surface area contributed by atoms with Gasteiger partial charge in [0, 0.05) is 27.6 Å². The van der Waals surface area contributed by atoms with Crippen molar-refractivity contribution in [2.24, 2.45) is 0 Å². The van der Waals surface area contributed by atoms with Crippen LogP contribution < -0.4 is 4.74 Å². The fourth-order valence-corrected chi connectivity index (χ4v) is 6.52. The van der Waals surface area contributed by atoms with Crippen molar-refractivity contribution in [3.05, 3.63) is 164 Å². The molecule has 1 aliphatic heterocycles. The first-order chi connectivity index (χ1) is 23.3. The van der Waals surface area contributed by atoms with E-state index in [0.717, 1.165) is 55.7 Å². The number of hydrogen-bond donors (Lipinski definition) is 0. The van der Waals surface area contributed by atoms with Crippen LogP contribution in [0.25, 0.3) is 78.3 Å². The van der Waals surface area contributed by atoms with E-state index in [1.807, 2.05) is 54.6 Å². The first kappa shape index (κ1) is 27.0. The molecule has 0 fully saturated rings. The Morgan fingerprint density at radius 1 is 0.319 bits per heavy atom. The lowest BCUT2D eigenvalue weighted by Crippen LogP contribution is -2.04. The molecule has 8 aromatic rings. The van der Waals surface area contributed by atoms with Gasteiger partial charge in [0.25, 0.3) is 0 Å². The maximum absolute atomic E-state index is 6.62. The lowest BCUT2D eigenvalue weighted by molar-refractivity contribution is 0.487. The zero-order chi connectivity index (χ0) is 31.2. The molecule has 0 unspecified atom stereocenters. The van der Waals surface area contributed by atoms with Gasteiger partial charge in [-0.25, -0.2) is 15.0 Å². The van der Waals surface area contributed by atoms with E-state index in [1.165, 1.54) is 16.7 Å². The number of rotatable bonds is 5. The maximum atomic E-state index is 6.62. The Bertz CT molecular complexity index is 2410. The van der Waals surface area contributed by atoms with Crippen LogP contribution in [-0.2, 0) is 0 Å². The fourth-order valence-electron chi connectivity index (χ4n) is 6.52. The summed E-state index contributed by atoms with van der Waals surface area (Å²) >= 11 is 0. The Hall–Kier alpha value is -6.39. The smallest absolute Gasteiger partial charge is 0.164 e. The fraction of sp³-hybridized carbons (Fsp3) is 0. The highest BCUT2D eigenvalue weighted by Gasteiger charge is 2.26. The molecule has 47 heavy (non-hydrogen) atoms. The molecule has 0 atom stereocenters. The number of ether oxygens (including phenoxy) is 1. The summed E-state index contributed by atoms with van der Waals surface area (Å²) in [4.78, 5) is 15.2. The highest BCUT2D eigenvalue weighted by molar-refractivity contribution is 6.11. The van der Waals surface area contributed by atoms with Crippen molar-refractivity contribution in [2.45, 2.75) is 0 Å². The summed E-state index contributed by atoms with van der Waals surface area (Å²) in [5.41, 5.74) is 9.47. The summed E-state index contributed by atoms with van der Waals surface area (Å²) in [7, 11) is 0. The molecule has 0 aliphatic carbocycles. The normalized spacial score (nSPS) is 11.6. The Morgan fingerprint density at radius 2 is 0.851 bits per heavy atom. The molecule has 9 rings (SSSR count). The third kappa shape index (κ3) is 4.75. The van der Waals surface area contributed by atoms with Crippen molar-refractivity contribution in [3.63, 3.8) is 0 Å². The minimum atomic E-state index is 0.598. The molecular weight excluding hydrogens is 574 g/mol. The molecule has 0 radical (unpaired) electrons. The Morgan fingerprint density at radius 3 is 1.55 bits per heavy atom. The van der Waals surface area contributed by atoms with Gasteiger partial charge in [-0.2, -0.15) is 0 Å². The zero-order valence-electron chi connectivity index (χ0n) is 25.3. The van der Waals surface area contributed by atoms with E-state index in [9.17, 15) is 0 Å². The molecule has 4 nitrogen and oxygen atoms in total. The predicted molar refractivity (Wildman–Crippen MR) is 190 cm³/mol. The van der Waals surface area contributed by atoms with E-state index < -0.39 is 0 Å². The average Bonchev–Trinajstić information content (AvgIpc) is 3.16. The van der Waals surface area contributed by atoms with E-state index in [0.29, 0.717) is 17.5 Å². The first-order valence-electron chi connectivity index (χ1n) is 15.7. The van der Waals surface area contributed by atoms with Gasteiger partial charge < -0.3 is 4.74 Å². The van der Waals surface area contributed by atoms with E-state index >= 15 is 0 Å². The second kappa shape index (κ2) is 11.2. The zero-order valence-corrected chi connectivity index (χ0v) is 25.3. The van der Waals surface area contributed by atoms with Crippen LogP contribution in [0.3, 0.4) is 0 Å². The maximum Gasteiger partial charge on any atom is 0.164 e. The molecule has 2 heterocycles. The van der Waals surface area contributed by atoms with Crippen LogP contribution in [0.2, 0.25) is 0 Å². The molecule has 1 aliphatic rings. The van der Waals surface area contributed by atoms with E-state index in [-0.39, 0.29) is 0 Å². The summed E-state index contributed by atoms with van der Waals surface area (Å²) in [6.07, 6.45) is 0. The third-order valence-electron chi connectivity index (χ3n) is 8.76. The molecule has 4 heteroatoms. The Kier molecular flexibility index (Phi) is 6.43. The van der Waals surface area contributed by atoms with Gasteiger partial charge in [-0.05, 0) is 45.3 Å². The van der Waals surface area contributed by atoms with Crippen LogP contribution in [0.15, 0.2) is 164 Å². The number of aromatic nitrogens is 3. The molecular formula is C43H27N3O. The van der Waals surface area contributed by atoms with Crippen molar-refractivity contribution >= 4 is 10.8 Å². The summed E-state index contributed by atoms with van der Waals surface area (Å²) in [5, 5.41) is 2.23. The lowest BCUT2D eigenvalue weighted by atomic mass is 9.88. The van der Waals surface area contributed by atoms with Crippen LogP contribution in [0.4, 0.5) is 0 Å². The van der Waals surface area contributed by atoms with Crippen LogP contribution >= 0.6 is 0 Å². The third-order valence-corrected chi connectivity index (χ3v) is 8.76. The molecule has 7 aromatic carbocycles. The van der Waals surface area contributed by atoms with E-state index in [1.54, 1.807) is 0 Å². The number of fused-ring (bicyclic) bond motifs is 2. The average molecular weight is 602 g/mol. The van der Waals surface area contributed by atoms with Crippen molar-refractivity contribution in [3.8, 4) is 79.0 Å². The van der Waals surface area contributed by atoms with Crippen molar-refractivity contribution in [1.29, 1.82) is 0 Å². The van der Waals surface area contributed by atoms with Gasteiger partial charge in [-0.1, -0.05) is 152 Å². The highest BCUT2D eigenvalue weighted by Crippen LogP contribution is 2.51. The minimum Gasteiger partial charge on any atom is -0.456 e. The number of benzene rings is 7. The second-order valence-electron chi connectivity index (χ2n) is 11.6. The van der Waals surface area contributed by atoms with Gasteiger partial charge in [0.1, 0.15) is 11.5 Å². The van der Waals surface area contributed by atoms with Crippen molar-refractivity contribution in [2.75, 3.05) is 0 Å². The topological polar surface area (TPSA) is 47.9 Å². The second-order valence-corrected chi connectivity index (χ2v) is 11.6. The quantitative estimate of drug-likeness (QED) is 0.197. The SMILES string of the molecule is c1ccc(-c2ccc(-c3nc(-c4ccccc4)nc(-c4cccc5c4-c4cccc6c(-c7ccccc7)ccc(c46)O5)n3)cc2)cc1. The van der Waals surface area contributed by atoms with Gasteiger partial charge >= 0.3 is 0 Å². The van der Waals surface area contributed by atoms with Gasteiger partial charge in [0.05, 0.1) is 0 Å². The Labute approximate surface area is 272 Å². The predicted octanol–water partition coefficient (Wildman–Crippen LogP) is 11.1. The van der Waals surface area contributed by atoms with Crippen LogP contribution in [0.1, 0.15) is 0 Å². The van der Waals surface area contributed by atoms with Crippen LogP contribution in [-0.4, -0.2) is 15.0 Å². The number of hydrogen-bond acceptors (Lipinski definition) is 4. The van der Waals surface area contributed by atoms with Gasteiger partial charge in [0.2, 0.25) is 0 Å². The highest BCUT2D eigenvalue weighted by atomic mass is 16.5. The van der Waals surface area contributed by atoms with Gasteiger partial charge in [0.15, 0.2) is 17.5 Å². The summed E-state index contributed by atoms with van der Waals surface area (Å²) in [5.74, 6) is 3.47. The molecule has 0 amide bonds. The van der Waals surface area contributed by atoms with Gasteiger partial charge in [-0.3, -0.25) is 0 Å². The summed E-state index contributed by atoms with van der Waals surface area (Å²) < 4.78 is 6.62. The Balaban J connectivity index is 1.23. The minimum absolute atomic E-state index is 0.598. The van der Waals surface area contributed by atoms with Crippen LogP contribution in [0.5, 0.6) is 11.5 Å². The number of nitrogens with zero attached hydrogens (tertiary/aromatic N) is 3. The van der Waals surface area contributed by atoms with Crippen molar-refractivity contribution in [1.82, 2.24) is 15.0 Å². The molecule has 0 saturated carbocycles. The van der Waals surface area contributed by atoms with E-state index in [4.69, 9.17) is 19.7 Å². The first-order valence-corrected chi connectivity index (χ1v) is 15.7. The summed E-state index contributed by atoms with van der Waals surface area (Å²) in [6.45, 7) is 0. The van der Waals surface area contributed by atoms with E-state index in [2.05, 4.69) is 109 Å². The van der Waals surface area contributed by atoms with Crippen LogP contribution in [0, 0.1) is 0 Å². The standard InChI is InChI=1S/C43H27N3O/c1-4-12-28(13-5-1)29-22-24-32(25-23-29)42-44-41(31-16-8-3-9-17-31)45-43(46-42)36-20-11-21-37-40(36)35-19-10-18-34-33(30-14-6-2-7-15-30)26-27-38(47-37)39(34)35/h1-27H. The molecule has 0 N–H and O–H groups in total. The largest absolute Gasteiger partial charge is 0.456 e. The molecule has 220 valence electrons. The molecule has 1 aromatic heterocycles. The molecule has 0 bridgehead atoms.